The van der Waals surface area contributed by atoms with E-state index in [9.17, 15) is 0 Å². The molecule has 0 aromatic carbocycles. The van der Waals surface area contributed by atoms with Gasteiger partial charge in [-0.3, -0.25) is 4.98 Å². The Morgan fingerprint density at radius 3 is 2.71 bits per heavy atom. The Morgan fingerprint density at radius 2 is 2.14 bits per heavy atom. The summed E-state index contributed by atoms with van der Waals surface area (Å²) < 4.78 is 1.87. The molecule has 0 amide bonds. The Morgan fingerprint density at radius 1 is 1.36 bits per heavy atom. The molecule has 0 saturated carbocycles. The number of hydrogen-bond acceptors (Lipinski definition) is 3. The van der Waals surface area contributed by atoms with Gasteiger partial charge in [-0.2, -0.15) is 0 Å². The van der Waals surface area contributed by atoms with E-state index in [0.717, 1.165) is 17.3 Å². The molecule has 0 N–H and O–H groups in total. The first-order valence-corrected chi connectivity index (χ1v) is 4.54. The van der Waals surface area contributed by atoms with Crippen LogP contribution in [0.4, 0.5) is 0 Å². The fraction of sp³-hybridized carbons (Fsp3) is 0.222. The number of hydrogen-bond donors (Lipinski definition) is 0. The lowest BCUT2D eigenvalue weighted by Crippen LogP contribution is -1.96. The van der Waals surface area contributed by atoms with Crippen LogP contribution >= 0.6 is 11.6 Å². The standard InChI is InChI=1S/C9H9ClN4/c1-6-12-13-9(14(6)2)8-5-7(10)3-4-11-8/h3-5H,1-2H3. The molecule has 2 rings (SSSR count). The van der Waals surface area contributed by atoms with Crippen molar-refractivity contribution in [2.45, 2.75) is 6.92 Å². The lowest BCUT2D eigenvalue weighted by Gasteiger charge is -2.00. The molecule has 0 bridgehead atoms. The van der Waals surface area contributed by atoms with Crippen LogP contribution in [0.1, 0.15) is 5.82 Å². The average Bonchev–Trinajstić information content (AvgIpc) is 2.48. The van der Waals surface area contributed by atoms with Crippen molar-refractivity contribution in [2.75, 3.05) is 0 Å². The average molecular weight is 209 g/mol. The van der Waals surface area contributed by atoms with Crippen molar-refractivity contribution in [1.29, 1.82) is 0 Å². The van der Waals surface area contributed by atoms with E-state index in [0.29, 0.717) is 5.02 Å². The molecule has 0 radical (unpaired) electrons. The van der Waals surface area contributed by atoms with E-state index in [-0.39, 0.29) is 0 Å². The fourth-order valence-corrected chi connectivity index (χ4v) is 1.32. The minimum atomic E-state index is 0.649. The summed E-state index contributed by atoms with van der Waals surface area (Å²) in [5.74, 6) is 1.58. The van der Waals surface area contributed by atoms with E-state index in [4.69, 9.17) is 11.6 Å². The second-order valence-electron chi connectivity index (χ2n) is 2.99. The molecule has 0 fully saturated rings. The summed E-state index contributed by atoms with van der Waals surface area (Å²) in [5.41, 5.74) is 0.737. The molecule has 4 nitrogen and oxygen atoms in total. The van der Waals surface area contributed by atoms with Gasteiger partial charge in [0.1, 0.15) is 11.5 Å². The van der Waals surface area contributed by atoms with Gasteiger partial charge in [-0.05, 0) is 19.1 Å². The maximum absolute atomic E-state index is 5.86. The van der Waals surface area contributed by atoms with Crippen LogP contribution in [0.5, 0.6) is 0 Å². The van der Waals surface area contributed by atoms with Gasteiger partial charge < -0.3 is 4.57 Å². The zero-order chi connectivity index (χ0) is 10.1. The van der Waals surface area contributed by atoms with E-state index in [2.05, 4.69) is 15.2 Å². The third kappa shape index (κ3) is 1.48. The third-order valence-corrected chi connectivity index (χ3v) is 2.28. The highest BCUT2D eigenvalue weighted by atomic mass is 35.5. The first-order valence-electron chi connectivity index (χ1n) is 4.16. The first-order chi connectivity index (χ1) is 6.68. The van der Waals surface area contributed by atoms with Gasteiger partial charge in [-0.15, -0.1) is 10.2 Å². The van der Waals surface area contributed by atoms with Gasteiger partial charge in [0.2, 0.25) is 0 Å². The quantitative estimate of drug-likeness (QED) is 0.718. The molecule has 72 valence electrons. The van der Waals surface area contributed by atoms with Gasteiger partial charge in [0, 0.05) is 18.3 Å². The van der Waals surface area contributed by atoms with Gasteiger partial charge in [-0.1, -0.05) is 11.6 Å². The lowest BCUT2D eigenvalue weighted by molar-refractivity contribution is 0.862. The number of aromatic nitrogens is 4. The molecule has 5 heteroatoms. The molecular formula is C9H9ClN4. The van der Waals surface area contributed by atoms with Crippen molar-refractivity contribution >= 4 is 11.6 Å². The molecular weight excluding hydrogens is 200 g/mol. The van der Waals surface area contributed by atoms with Crippen molar-refractivity contribution in [3.63, 3.8) is 0 Å². The largest absolute Gasteiger partial charge is 0.313 e. The number of halogens is 1. The molecule has 2 aromatic heterocycles. The minimum Gasteiger partial charge on any atom is -0.313 e. The normalized spacial score (nSPS) is 10.5. The van der Waals surface area contributed by atoms with Crippen LogP contribution in [0.25, 0.3) is 11.5 Å². The van der Waals surface area contributed by atoms with Crippen molar-refractivity contribution in [1.82, 2.24) is 19.7 Å². The van der Waals surface area contributed by atoms with Crippen molar-refractivity contribution < 1.29 is 0 Å². The predicted molar refractivity (Wildman–Crippen MR) is 54.0 cm³/mol. The third-order valence-electron chi connectivity index (χ3n) is 2.04. The number of pyridine rings is 1. The van der Waals surface area contributed by atoms with E-state index in [1.165, 1.54) is 0 Å². The highest BCUT2D eigenvalue weighted by Gasteiger charge is 2.08. The summed E-state index contributed by atoms with van der Waals surface area (Å²) in [6.45, 7) is 1.89. The Labute approximate surface area is 86.6 Å². The van der Waals surface area contributed by atoms with E-state index in [1.54, 1.807) is 18.3 Å². The highest BCUT2D eigenvalue weighted by Crippen LogP contribution is 2.17. The van der Waals surface area contributed by atoms with Crippen LogP contribution in [-0.4, -0.2) is 19.7 Å². The summed E-state index contributed by atoms with van der Waals surface area (Å²) in [5, 5.41) is 8.62. The Bertz CT molecular complexity index is 464. The summed E-state index contributed by atoms with van der Waals surface area (Å²) >= 11 is 5.86. The molecule has 0 saturated heterocycles. The molecule has 14 heavy (non-hydrogen) atoms. The Kier molecular flexibility index (Phi) is 2.21. The van der Waals surface area contributed by atoms with E-state index in [1.807, 2.05) is 18.5 Å². The van der Waals surface area contributed by atoms with Gasteiger partial charge in [0.15, 0.2) is 5.82 Å². The maximum atomic E-state index is 5.86. The number of aryl methyl sites for hydroxylation is 1. The predicted octanol–water partition coefficient (Wildman–Crippen LogP) is 1.84. The monoisotopic (exact) mass is 208 g/mol. The second-order valence-corrected chi connectivity index (χ2v) is 3.43. The zero-order valence-corrected chi connectivity index (χ0v) is 8.65. The fourth-order valence-electron chi connectivity index (χ4n) is 1.16. The first kappa shape index (κ1) is 9.15. The molecule has 0 unspecified atom stereocenters. The molecule has 2 heterocycles. The van der Waals surface area contributed by atoms with Crippen LogP contribution in [-0.2, 0) is 7.05 Å². The molecule has 2 aromatic rings. The van der Waals surface area contributed by atoms with Gasteiger partial charge >= 0.3 is 0 Å². The lowest BCUT2D eigenvalue weighted by atomic mass is 10.3. The van der Waals surface area contributed by atoms with Crippen molar-refractivity contribution in [3.8, 4) is 11.5 Å². The molecule has 0 aliphatic carbocycles. The summed E-state index contributed by atoms with van der Waals surface area (Å²) in [4.78, 5) is 4.18. The van der Waals surface area contributed by atoms with Crippen LogP contribution in [0, 0.1) is 6.92 Å². The molecule has 0 aliphatic heterocycles. The molecule has 0 aliphatic rings. The summed E-state index contributed by atoms with van der Waals surface area (Å²) in [7, 11) is 1.90. The van der Waals surface area contributed by atoms with Crippen molar-refractivity contribution in [3.05, 3.63) is 29.2 Å². The highest BCUT2D eigenvalue weighted by molar-refractivity contribution is 6.30. The molecule has 0 atom stereocenters. The maximum Gasteiger partial charge on any atom is 0.182 e. The van der Waals surface area contributed by atoms with Gasteiger partial charge in [-0.25, -0.2) is 0 Å². The van der Waals surface area contributed by atoms with E-state index >= 15 is 0 Å². The van der Waals surface area contributed by atoms with Crippen LogP contribution < -0.4 is 0 Å². The number of nitrogens with zero attached hydrogens (tertiary/aromatic N) is 4. The Balaban J connectivity index is 2.55. The van der Waals surface area contributed by atoms with E-state index < -0.39 is 0 Å². The molecule has 0 spiro atoms. The van der Waals surface area contributed by atoms with Crippen molar-refractivity contribution in [2.24, 2.45) is 7.05 Å². The minimum absolute atomic E-state index is 0.649. The second kappa shape index (κ2) is 3.38. The number of rotatable bonds is 1. The topological polar surface area (TPSA) is 43.6 Å². The Hall–Kier alpha value is -1.42. The zero-order valence-electron chi connectivity index (χ0n) is 7.90. The van der Waals surface area contributed by atoms with Crippen LogP contribution in [0.2, 0.25) is 5.02 Å². The van der Waals surface area contributed by atoms with Crippen LogP contribution in [0.3, 0.4) is 0 Å². The summed E-state index contributed by atoms with van der Waals surface area (Å²) in [6.07, 6.45) is 1.65. The van der Waals surface area contributed by atoms with Gasteiger partial charge in [0.25, 0.3) is 0 Å². The van der Waals surface area contributed by atoms with Gasteiger partial charge in [0.05, 0.1) is 0 Å². The SMILES string of the molecule is Cc1nnc(-c2cc(Cl)ccn2)n1C. The summed E-state index contributed by atoms with van der Waals surface area (Å²) in [6, 6.07) is 3.50. The van der Waals surface area contributed by atoms with Crippen LogP contribution in [0.15, 0.2) is 18.3 Å². The smallest absolute Gasteiger partial charge is 0.182 e.